The van der Waals surface area contributed by atoms with Crippen molar-refractivity contribution in [2.45, 2.75) is 12.8 Å². The van der Waals surface area contributed by atoms with Crippen LogP contribution in [0.15, 0.2) is 54.6 Å². The Balaban J connectivity index is 1.70. The number of aryl methyl sites for hydroxylation is 1. The van der Waals surface area contributed by atoms with Crippen LogP contribution in [-0.2, 0) is 6.42 Å². The van der Waals surface area contributed by atoms with E-state index in [9.17, 15) is 0 Å². The molecule has 0 saturated carbocycles. The molecule has 2 aromatic rings. The van der Waals surface area contributed by atoms with Crippen molar-refractivity contribution in [2.75, 3.05) is 11.9 Å². The number of hydrogen-bond acceptors (Lipinski definition) is 1. The molecule has 1 radical (unpaired) electrons. The van der Waals surface area contributed by atoms with Crippen LogP contribution in [0, 0.1) is 6.07 Å². The van der Waals surface area contributed by atoms with Crippen molar-refractivity contribution in [3.05, 3.63) is 66.2 Å². The summed E-state index contributed by atoms with van der Waals surface area (Å²) in [6.07, 6.45) is 2.27. The number of nitrogens with one attached hydrogen (secondary N) is 1. The zero-order chi connectivity index (χ0) is 11.1. The third-order valence-corrected chi connectivity index (χ3v) is 2.51. The molecule has 81 valence electrons. The Hall–Kier alpha value is -1.76. The maximum Gasteiger partial charge on any atom is 0.0420 e. The van der Waals surface area contributed by atoms with Crippen LogP contribution in [0.5, 0.6) is 0 Å². The minimum absolute atomic E-state index is 0.995. The Morgan fingerprint density at radius 1 is 0.938 bits per heavy atom. The van der Waals surface area contributed by atoms with E-state index >= 15 is 0 Å². The van der Waals surface area contributed by atoms with E-state index in [4.69, 9.17) is 0 Å². The molecule has 0 bridgehead atoms. The molecular weight excluding hydrogens is 194 g/mol. The van der Waals surface area contributed by atoms with Gasteiger partial charge < -0.3 is 5.32 Å². The quantitative estimate of drug-likeness (QED) is 0.744. The first-order valence-corrected chi connectivity index (χ1v) is 5.70. The molecule has 0 saturated heterocycles. The van der Waals surface area contributed by atoms with E-state index in [2.05, 4.69) is 41.7 Å². The van der Waals surface area contributed by atoms with Crippen LogP contribution in [0.25, 0.3) is 0 Å². The highest BCUT2D eigenvalue weighted by Gasteiger charge is 1.92. The summed E-state index contributed by atoms with van der Waals surface area (Å²) in [4.78, 5) is 0. The highest BCUT2D eigenvalue weighted by Crippen LogP contribution is 2.06. The molecular formula is C15H16N. The zero-order valence-electron chi connectivity index (χ0n) is 9.32. The summed E-state index contributed by atoms with van der Waals surface area (Å²) in [7, 11) is 0. The van der Waals surface area contributed by atoms with E-state index in [-0.39, 0.29) is 0 Å². The number of anilines is 1. The van der Waals surface area contributed by atoms with Crippen LogP contribution in [0.3, 0.4) is 0 Å². The molecule has 1 heteroatoms. The normalized spacial score (nSPS) is 10.0. The molecule has 0 atom stereocenters. The van der Waals surface area contributed by atoms with E-state index in [1.54, 1.807) is 0 Å². The van der Waals surface area contributed by atoms with Crippen molar-refractivity contribution < 1.29 is 0 Å². The van der Waals surface area contributed by atoms with E-state index in [1.165, 1.54) is 5.56 Å². The van der Waals surface area contributed by atoms with E-state index in [1.807, 2.05) is 24.3 Å². The molecule has 16 heavy (non-hydrogen) atoms. The van der Waals surface area contributed by atoms with Gasteiger partial charge in [-0.3, -0.25) is 0 Å². The lowest BCUT2D eigenvalue weighted by molar-refractivity contribution is 0.863. The van der Waals surface area contributed by atoms with Crippen LogP contribution in [0.2, 0.25) is 0 Å². The molecule has 0 fully saturated rings. The summed E-state index contributed by atoms with van der Waals surface area (Å²) in [6, 6.07) is 21.7. The first-order chi connectivity index (χ1) is 7.95. The minimum Gasteiger partial charge on any atom is -0.385 e. The SMILES string of the molecule is [c]1ccccc1NCCCc1ccccc1. The zero-order valence-corrected chi connectivity index (χ0v) is 9.32. The number of hydrogen-bond donors (Lipinski definition) is 1. The van der Waals surface area contributed by atoms with E-state index < -0.39 is 0 Å². The Kier molecular flexibility index (Phi) is 4.00. The lowest BCUT2D eigenvalue weighted by atomic mass is 10.1. The summed E-state index contributed by atoms with van der Waals surface area (Å²) in [5.74, 6) is 0. The summed E-state index contributed by atoms with van der Waals surface area (Å²) in [6.45, 7) is 0.995. The predicted octanol–water partition coefficient (Wildman–Crippen LogP) is 3.53. The molecule has 0 heterocycles. The maximum atomic E-state index is 3.36. The first kappa shape index (κ1) is 10.7. The third-order valence-electron chi connectivity index (χ3n) is 2.51. The molecule has 2 aromatic carbocycles. The fourth-order valence-corrected chi connectivity index (χ4v) is 1.66. The highest BCUT2D eigenvalue weighted by molar-refractivity contribution is 5.40. The molecule has 0 aliphatic heterocycles. The van der Waals surface area contributed by atoms with E-state index in [0.29, 0.717) is 0 Å². The summed E-state index contributed by atoms with van der Waals surface area (Å²) < 4.78 is 0. The van der Waals surface area contributed by atoms with Crippen molar-refractivity contribution in [1.29, 1.82) is 0 Å². The van der Waals surface area contributed by atoms with Crippen LogP contribution in [0.4, 0.5) is 5.69 Å². The third kappa shape index (κ3) is 3.43. The van der Waals surface area contributed by atoms with Gasteiger partial charge in [0.1, 0.15) is 0 Å². The lowest BCUT2D eigenvalue weighted by Crippen LogP contribution is -2.02. The van der Waals surface area contributed by atoms with Gasteiger partial charge in [-0.15, -0.1) is 0 Å². The fraction of sp³-hybridized carbons (Fsp3) is 0.200. The topological polar surface area (TPSA) is 12.0 Å². The number of para-hydroxylation sites is 1. The lowest BCUT2D eigenvalue weighted by Gasteiger charge is -2.05. The Labute approximate surface area is 97.1 Å². The van der Waals surface area contributed by atoms with E-state index in [0.717, 1.165) is 25.1 Å². The van der Waals surface area contributed by atoms with Gasteiger partial charge in [-0.05, 0) is 24.5 Å². The summed E-state index contributed by atoms with van der Waals surface area (Å²) in [5, 5.41) is 3.36. The average molecular weight is 210 g/mol. The number of rotatable bonds is 5. The van der Waals surface area contributed by atoms with Crippen LogP contribution >= 0.6 is 0 Å². The van der Waals surface area contributed by atoms with Gasteiger partial charge in [0.2, 0.25) is 0 Å². The molecule has 0 amide bonds. The van der Waals surface area contributed by atoms with Crippen LogP contribution in [-0.4, -0.2) is 6.54 Å². The highest BCUT2D eigenvalue weighted by atomic mass is 14.9. The van der Waals surface area contributed by atoms with Gasteiger partial charge in [0.25, 0.3) is 0 Å². The van der Waals surface area contributed by atoms with Gasteiger partial charge in [-0.1, -0.05) is 48.5 Å². The molecule has 0 unspecified atom stereocenters. The second-order valence-electron chi connectivity index (χ2n) is 3.79. The first-order valence-electron chi connectivity index (χ1n) is 5.70. The molecule has 1 N–H and O–H groups in total. The smallest absolute Gasteiger partial charge is 0.0420 e. The van der Waals surface area contributed by atoms with Gasteiger partial charge >= 0.3 is 0 Å². The maximum absolute atomic E-state index is 3.36. The summed E-state index contributed by atoms with van der Waals surface area (Å²) in [5.41, 5.74) is 2.48. The van der Waals surface area contributed by atoms with Crippen LogP contribution < -0.4 is 5.32 Å². The molecule has 1 nitrogen and oxygen atoms in total. The predicted molar refractivity (Wildman–Crippen MR) is 68.5 cm³/mol. The average Bonchev–Trinajstić information content (AvgIpc) is 2.37. The minimum atomic E-state index is 0.995. The van der Waals surface area contributed by atoms with Gasteiger partial charge in [0, 0.05) is 18.3 Å². The van der Waals surface area contributed by atoms with Crippen molar-refractivity contribution in [3.63, 3.8) is 0 Å². The molecule has 0 aliphatic carbocycles. The van der Waals surface area contributed by atoms with Crippen molar-refractivity contribution in [2.24, 2.45) is 0 Å². The van der Waals surface area contributed by atoms with Gasteiger partial charge in [0.15, 0.2) is 0 Å². The molecule has 2 rings (SSSR count). The Morgan fingerprint density at radius 2 is 1.75 bits per heavy atom. The second-order valence-corrected chi connectivity index (χ2v) is 3.79. The Morgan fingerprint density at radius 3 is 2.50 bits per heavy atom. The van der Waals surface area contributed by atoms with Crippen molar-refractivity contribution >= 4 is 5.69 Å². The standard InChI is InChI=1S/C15H16N/c1-3-8-14(9-4-1)10-7-13-16-15-11-5-2-6-12-15/h1-6,8-9,11,16H,7,10,13H2. The fourth-order valence-electron chi connectivity index (χ4n) is 1.66. The summed E-state index contributed by atoms with van der Waals surface area (Å²) >= 11 is 0. The van der Waals surface area contributed by atoms with Gasteiger partial charge in [0.05, 0.1) is 0 Å². The largest absolute Gasteiger partial charge is 0.385 e. The molecule has 0 aliphatic rings. The Bertz CT molecular complexity index is 353. The van der Waals surface area contributed by atoms with Crippen molar-refractivity contribution in [3.8, 4) is 0 Å². The van der Waals surface area contributed by atoms with Crippen LogP contribution in [0.1, 0.15) is 12.0 Å². The monoisotopic (exact) mass is 210 g/mol. The van der Waals surface area contributed by atoms with Gasteiger partial charge in [-0.2, -0.15) is 0 Å². The second kappa shape index (κ2) is 5.96. The van der Waals surface area contributed by atoms with Gasteiger partial charge in [-0.25, -0.2) is 0 Å². The molecule has 0 aromatic heterocycles. The molecule has 0 spiro atoms. The number of benzene rings is 2. The van der Waals surface area contributed by atoms with Crippen molar-refractivity contribution in [1.82, 2.24) is 0 Å².